The lowest BCUT2D eigenvalue weighted by Crippen LogP contribution is -2.42. The van der Waals surface area contributed by atoms with Gasteiger partial charge < -0.3 is 9.88 Å². The van der Waals surface area contributed by atoms with E-state index in [1.165, 1.54) is 0 Å². The van der Waals surface area contributed by atoms with E-state index in [1.807, 2.05) is 20.8 Å². The minimum absolute atomic E-state index is 0.00509. The Morgan fingerprint density at radius 2 is 2.23 bits per heavy atom. The molecule has 0 atom stereocenters. The van der Waals surface area contributed by atoms with Gasteiger partial charge in [-0.1, -0.05) is 0 Å². The second-order valence-corrected chi connectivity index (χ2v) is 4.03. The van der Waals surface area contributed by atoms with Crippen molar-refractivity contribution in [2.24, 2.45) is 0 Å². The van der Waals surface area contributed by atoms with Crippen LogP contribution in [-0.2, 0) is 11.3 Å². The quantitative estimate of drug-likeness (QED) is 0.733. The average molecular weight is 181 g/mol. The molecule has 1 aromatic rings. The largest absolute Gasteiger partial charge is 0.350 e. The standard InChI is InChI=1S/C9H15N3O/c1-9(2,3)11-8(13)6-12-5-4-10-7-12/h4-5,7H,6H2,1-3H3,(H,11,13). The SMILES string of the molecule is CC(C)(C)NC(=O)Cn1ccnc1. The minimum Gasteiger partial charge on any atom is -0.350 e. The van der Waals surface area contributed by atoms with Crippen LogP contribution in [0.5, 0.6) is 0 Å². The molecule has 0 fully saturated rings. The zero-order valence-corrected chi connectivity index (χ0v) is 8.24. The second kappa shape index (κ2) is 3.60. The highest BCUT2D eigenvalue weighted by molar-refractivity contribution is 5.76. The van der Waals surface area contributed by atoms with Crippen LogP contribution in [0.2, 0.25) is 0 Å². The number of hydrogen-bond donors (Lipinski definition) is 1. The molecule has 0 saturated carbocycles. The molecule has 0 bridgehead atoms. The predicted octanol–water partition coefficient (Wildman–Crippen LogP) is 0.798. The highest BCUT2D eigenvalue weighted by atomic mass is 16.2. The fourth-order valence-electron chi connectivity index (χ4n) is 1.00. The molecule has 72 valence electrons. The first-order valence-electron chi connectivity index (χ1n) is 4.24. The highest BCUT2D eigenvalue weighted by Crippen LogP contribution is 1.98. The van der Waals surface area contributed by atoms with Gasteiger partial charge in [0, 0.05) is 17.9 Å². The Morgan fingerprint density at radius 3 is 2.69 bits per heavy atom. The topological polar surface area (TPSA) is 46.9 Å². The summed E-state index contributed by atoms with van der Waals surface area (Å²) in [7, 11) is 0. The molecule has 0 spiro atoms. The van der Waals surface area contributed by atoms with E-state index in [9.17, 15) is 4.79 Å². The van der Waals surface area contributed by atoms with E-state index in [-0.39, 0.29) is 11.4 Å². The van der Waals surface area contributed by atoms with Gasteiger partial charge in [-0.25, -0.2) is 4.98 Å². The van der Waals surface area contributed by atoms with Crippen LogP contribution in [0, 0.1) is 0 Å². The summed E-state index contributed by atoms with van der Waals surface area (Å²) < 4.78 is 1.74. The summed E-state index contributed by atoms with van der Waals surface area (Å²) in [5.41, 5.74) is -0.169. The van der Waals surface area contributed by atoms with E-state index in [0.717, 1.165) is 0 Å². The zero-order chi connectivity index (χ0) is 9.90. The molecular formula is C9H15N3O. The normalized spacial score (nSPS) is 11.3. The molecule has 0 aliphatic heterocycles. The number of carbonyl (C=O) groups is 1. The van der Waals surface area contributed by atoms with Crippen molar-refractivity contribution in [2.75, 3.05) is 0 Å². The molecule has 0 radical (unpaired) electrons. The Kier molecular flexibility index (Phi) is 2.70. The highest BCUT2D eigenvalue weighted by Gasteiger charge is 2.13. The number of aromatic nitrogens is 2. The molecule has 0 aliphatic carbocycles. The van der Waals surface area contributed by atoms with Gasteiger partial charge in [-0.15, -0.1) is 0 Å². The molecule has 0 aromatic carbocycles. The van der Waals surface area contributed by atoms with Crippen molar-refractivity contribution in [1.82, 2.24) is 14.9 Å². The lowest BCUT2D eigenvalue weighted by atomic mass is 10.1. The summed E-state index contributed by atoms with van der Waals surface area (Å²) in [6, 6.07) is 0. The van der Waals surface area contributed by atoms with Crippen LogP contribution >= 0.6 is 0 Å². The van der Waals surface area contributed by atoms with E-state index in [1.54, 1.807) is 23.3 Å². The Bertz CT molecular complexity index is 272. The minimum atomic E-state index is -0.169. The third-order valence-electron chi connectivity index (χ3n) is 1.40. The Hall–Kier alpha value is -1.32. The van der Waals surface area contributed by atoms with Crippen LogP contribution in [-0.4, -0.2) is 21.0 Å². The molecule has 1 N–H and O–H groups in total. The number of nitrogens with zero attached hydrogens (tertiary/aromatic N) is 2. The zero-order valence-electron chi connectivity index (χ0n) is 8.24. The molecule has 1 aromatic heterocycles. The molecule has 1 amide bonds. The van der Waals surface area contributed by atoms with Crippen LogP contribution in [0.4, 0.5) is 0 Å². The number of rotatable bonds is 2. The number of carbonyl (C=O) groups excluding carboxylic acids is 1. The van der Waals surface area contributed by atoms with Crippen molar-refractivity contribution >= 4 is 5.91 Å². The van der Waals surface area contributed by atoms with Crippen molar-refractivity contribution in [2.45, 2.75) is 32.9 Å². The van der Waals surface area contributed by atoms with Crippen LogP contribution in [0.15, 0.2) is 18.7 Å². The van der Waals surface area contributed by atoms with Gasteiger partial charge in [0.2, 0.25) is 5.91 Å². The fraction of sp³-hybridized carbons (Fsp3) is 0.556. The Labute approximate surface area is 78.0 Å². The maximum atomic E-state index is 11.4. The van der Waals surface area contributed by atoms with Crippen molar-refractivity contribution in [1.29, 1.82) is 0 Å². The molecule has 1 rings (SSSR count). The van der Waals surface area contributed by atoms with E-state index in [4.69, 9.17) is 0 Å². The number of imidazole rings is 1. The molecule has 0 unspecified atom stereocenters. The van der Waals surface area contributed by atoms with E-state index in [0.29, 0.717) is 6.54 Å². The second-order valence-electron chi connectivity index (χ2n) is 4.03. The third kappa shape index (κ3) is 3.73. The maximum Gasteiger partial charge on any atom is 0.240 e. The summed E-state index contributed by atoms with van der Waals surface area (Å²) in [5, 5.41) is 2.87. The van der Waals surface area contributed by atoms with Gasteiger partial charge >= 0.3 is 0 Å². The van der Waals surface area contributed by atoms with E-state index >= 15 is 0 Å². The van der Waals surface area contributed by atoms with Crippen molar-refractivity contribution in [3.8, 4) is 0 Å². The number of amides is 1. The Balaban J connectivity index is 2.43. The average Bonchev–Trinajstić information content (AvgIpc) is 2.34. The van der Waals surface area contributed by atoms with Gasteiger partial charge in [0.1, 0.15) is 6.54 Å². The molecule has 0 aliphatic rings. The van der Waals surface area contributed by atoms with Crippen molar-refractivity contribution < 1.29 is 4.79 Å². The first kappa shape index (κ1) is 9.77. The third-order valence-corrected chi connectivity index (χ3v) is 1.40. The molecular weight excluding hydrogens is 166 g/mol. The number of hydrogen-bond acceptors (Lipinski definition) is 2. The van der Waals surface area contributed by atoms with Gasteiger partial charge in [0.05, 0.1) is 6.33 Å². The molecule has 0 saturated heterocycles. The van der Waals surface area contributed by atoms with Crippen molar-refractivity contribution in [3.63, 3.8) is 0 Å². The number of nitrogens with one attached hydrogen (secondary N) is 1. The summed E-state index contributed by atoms with van der Waals surface area (Å²) in [4.78, 5) is 15.2. The summed E-state index contributed by atoms with van der Waals surface area (Å²) >= 11 is 0. The first-order valence-corrected chi connectivity index (χ1v) is 4.24. The van der Waals surface area contributed by atoms with E-state index < -0.39 is 0 Å². The van der Waals surface area contributed by atoms with Crippen LogP contribution in [0.1, 0.15) is 20.8 Å². The van der Waals surface area contributed by atoms with Gasteiger partial charge in [0.15, 0.2) is 0 Å². The lowest BCUT2D eigenvalue weighted by Gasteiger charge is -2.20. The molecule has 1 heterocycles. The molecule has 13 heavy (non-hydrogen) atoms. The van der Waals surface area contributed by atoms with Gasteiger partial charge in [0.25, 0.3) is 0 Å². The Morgan fingerprint density at radius 1 is 1.54 bits per heavy atom. The first-order chi connectivity index (χ1) is 5.97. The molecule has 4 heteroatoms. The van der Waals surface area contributed by atoms with Gasteiger partial charge in [-0.05, 0) is 20.8 Å². The fourth-order valence-corrected chi connectivity index (χ4v) is 1.00. The maximum absolute atomic E-state index is 11.4. The van der Waals surface area contributed by atoms with E-state index in [2.05, 4.69) is 10.3 Å². The van der Waals surface area contributed by atoms with Crippen LogP contribution in [0.25, 0.3) is 0 Å². The van der Waals surface area contributed by atoms with Crippen molar-refractivity contribution in [3.05, 3.63) is 18.7 Å². The predicted molar refractivity (Wildman–Crippen MR) is 50.1 cm³/mol. The molecule has 4 nitrogen and oxygen atoms in total. The summed E-state index contributed by atoms with van der Waals surface area (Å²) in [6.45, 7) is 6.20. The lowest BCUT2D eigenvalue weighted by molar-refractivity contribution is -0.123. The van der Waals surface area contributed by atoms with Gasteiger partial charge in [-0.2, -0.15) is 0 Å². The monoisotopic (exact) mass is 181 g/mol. The smallest absolute Gasteiger partial charge is 0.240 e. The van der Waals surface area contributed by atoms with Crippen LogP contribution in [0.3, 0.4) is 0 Å². The van der Waals surface area contributed by atoms with Gasteiger partial charge in [-0.3, -0.25) is 4.79 Å². The van der Waals surface area contributed by atoms with Crippen LogP contribution < -0.4 is 5.32 Å². The summed E-state index contributed by atoms with van der Waals surface area (Å²) in [6.07, 6.45) is 5.05. The summed E-state index contributed by atoms with van der Waals surface area (Å²) in [5.74, 6) is 0.00509.